The van der Waals surface area contributed by atoms with E-state index in [9.17, 15) is 5.11 Å². The molecule has 2 heterocycles. The van der Waals surface area contributed by atoms with Crippen molar-refractivity contribution in [2.24, 2.45) is 5.92 Å². The first-order chi connectivity index (χ1) is 9.78. The largest absolute Gasteiger partial charge is 0.389 e. The van der Waals surface area contributed by atoms with Gasteiger partial charge in [0.25, 0.3) is 0 Å². The lowest BCUT2D eigenvalue weighted by atomic mass is 10.1. The predicted molar refractivity (Wildman–Crippen MR) is 89.2 cm³/mol. The lowest BCUT2D eigenvalue weighted by molar-refractivity contribution is 0.0884. The van der Waals surface area contributed by atoms with Gasteiger partial charge >= 0.3 is 0 Å². The molecule has 21 heavy (non-hydrogen) atoms. The van der Waals surface area contributed by atoms with Crippen molar-refractivity contribution in [1.82, 2.24) is 14.7 Å². The first-order valence-electron chi connectivity index (χ1n) is 7.36. The summed E-state index contributed by atoms with van der Waals surface area (Å²) < 4.78 is 2.13. The van der Waals surface area contributed by atoms with Crippen LogP contribution in [0.25, 0.3) is 4.96 Å². The van der Waals surface area contributed by atoms with Gasteiger partial charge in [0.05, 0.1) is 11.3 Å². The number of anilines is 1. The van der Waals surface area contributed by atoms with Crippen LogP contribution in [0, 0.1) is 5.92 Å². The topological polar surface area (TPSA) is 52.8 Å². The normalized spacial score (nSPS) is 12.5. The van der Waals surface area contributed by atoms with E-state index in [0.717, 1.165) is 29.6 Å². The van der Waals surface area contributed by atoms with Gasteiger partial charge in [0, 0.05) is 31.7 Å². The molecule has 0 aliphatic heterocycles. The zero-order valence-corrected chi connectivity index (χ0v) is 14.4. The Kier molecular flexibility index (Phi) is 4.91. The number of aromatic nitrogens is 2. The summed E-state index contributed by atoms with van der Waals surface area (Å²) in [6.07, 6.45) is 2.06. The Morgan fingerprint density at radius 1 is 1.48 bits per heavy atom. The van der Waals surface area contributed by atoms with E-state index >= 15 is 0 Å². The zero-order valence-electron chi connectivity index (χ0n) is 13.6. The van der Waals surface area contributed by atoms with Crippen LogP contribution in [-0.2, 0) is 6.54 Å². The molecule has 6 heteroatoms. The van der Waals surface area contributed by atoms with Crippen molar-refractivity contribution in [3.05, 3.63) is 17.3 Å². The molecule has 0 aromatic carbocycles. The predicted octanol–water partition coefficient (Wildman–Crippen LogP) is 2.35. The second kappa shape index (κ2) is 6.34. The van der Waals surface area contributed by atoms with E-state index in [1.807, 2.05) is 31.2 Å². The standard InChI is InChI=1S/C15H26N4OS/c1-11(2)8-16-9-12-13(18(5)10-15(3,4)20)17-14-19(12)6-7-21-14/h6-7,11,16,20H,8-10H2,1-5H3. The van der Waals surface area contributed by atoms with Crippen molar-refractivity contribution in [2.75, 3.05) is 25.0 Å². The third-order valence-electron chi connectivity index (χ3n) is 3.17. The van der Waals surface area contributed by atoms with Crippen molar-refractivity contribution in [3.63, 3.8) is 0 Å². The van der Waals surface area contributed by atoms with Crippen LogP contribution in [0.15, 0.2) is 11.6 Å². The summed E-state index contributed by atoms with van der Waals surface area (Å²) in [5.74, 6) is 1.56. The molecule has 0 unspecified atom stereocenters. The molecule has 0 spiro atoms. The number of thiazole rings is 1. The van der Waals surface area contributed by atoms with Crippen molar-refractivity contribution >= 4 is 22.1 Å². The number of hydrogen-bond donors (Lipinski definition) is 2. The zero-order chi connectivity index (χ0) is 15.6. The van der Waals surface area contributed by atoms with Crippen LogP contribution in [0.3, 0.4) is 0 Å². The minimum Gasteiger partial charge on any atom is -0.389 e. The summed E-state index contributed by atoms with van der Waals surface area (Å²) in [6.45, 7) is 10.3. The molecule has 2 N–H and O–H groups in total. The van der Waals surface area contributed by atoms with Crippen molar-refractivity contribution in [1.29, 1.82) is 0 Å². The van der Waals surface area contributed by atoms with E-state index in [4.69, 9.17) is 4.98 Å². The highest BCUT2D eigenvalue weighted by Gasteiger charge is 2.21. The molecule has 0 bridgehead atoms. The van der Waals surface area contributed by atoms with Crippen molar-refractivity contribution < 1.29 is 5.11 Å². The first kappa shape index (κ1) is 16.3. The van der Waals surface area contributed by atoms with E-state index < -0.39 is 5.60 Å². The molecule has 0 amide bonds. The second-order valence-corrected chi connectivity index (χ2v) is 7.50. The third kappa shape index (κ3) is 4.18. The van der Waals surface area contributed by atoms with Gasteiger partial charge in [-0.3, -0.25) is 4.40 Å². The number of rotatable bonds is 7. The minimum atomic E-state index is -0.742. The van der Waals surface area contributed by atoms with E-state index in [0.29, 0.717) is 12.5 Å². The summed E-state index contributed by atoms with van der Waals surface area (Å²) in [4.78, 5) is 7.74. The van der Waals surface area contributed by atoms with Crippen LogP contribution in [0.2, 0.25) is 0 Å². The van der Waals surface area contributed by atoms with Crippen molar-refractivity contribution in [2.45, 2.75) is 39.8 Å². The fourth-order valence-corrected chi connectivity index (χ4v) is 3.15. The molecule has 118 valence electrons. The maximum Gasteiger partial charge on any atom is 0.195 e. The van der Waals surface area contributed by atoms with Crippen LogP contribution < -0.4 is 10.2 Å². The Balaban J connectivity index is 2.23. The van der Waals surface area contributed by atoms with Crippen molar-refractivity contribution in [3.8, 4) is 0 Å². The molecule has 2 aromatic rings. The van der Waals surface area contributed by atoms with Gasteiger partial charge in [-0.05, 0) is 26.3 Å². The van der Waals surface area contributed by atoms with E-state index in [1.165, 1.54) is 0 Å². The summed E-state index contributed by atoms with van der Waals surface area (Å²) in [7, 11) is 1.98. The maximum atomic E-state index is 10.0. The maximum absolute atomic E-state index is 10.0. The average Bonchev–Trinajstić information content (AvgIpc) is 2.88. The molecule has 2 rings (SSSR count). The van der Waals surface area contributed by atoms with Crippen LogP contribution in [-0.4, -0.2) is 40.2 Å². The number of nitrogens with zero attached hydrogens (tertiary/aromatic N) is 3. The quantitative estimate of drug-likeness (QED) is 0.824. The monoisotopic (exact) mass is 310 g/mol. The number of fused-ring (bicyclic) bond motifs is 1. The van der Waals surface area contributed by atoms with Gasteiger partial charge in [-0.25, -0.2) is 4.98 Å². The fourth-order valence-electron chi connectivity index (χ4n) is 2.43. The number of aliphatic hydroxyl groups is 1. The summed E-state index contributed by atoms with van der Waals surface area (Å²) in [5, 5.41) is 15.6. The van der Waals surface area contributed by atoms with Crippen LogP contribution in [0.4, 0.5) is 5.82 Å². The number of likely N-dealkylation sites (N-methyl/N-ethyl adjacent to an activating group) is 1. The lowest BCUT2D eigenvalue weighted by Crippen LogP contribution is -2.37. The number of imidazole rings is 1. The van der Waals surface area contributed by atoms with Gasteiger partial charge < -0.3 is 15.3 Å². The number of nitrogens with one attached hydrogen (secondary N) is 1. The molecular formula is C15H26N4OS. The van der Waals surface area contributed by atoms with Crippen LogP contribution in [0.1, 0.15) is 33.4 Å². The molecule has 0 saturated heterocycles. The Bertz CT molecular complexity index is 582. The summed E-state index contributed by atoms with van der Waals surface area (Å²) >= 11 is 1.63. The molecule has 0 aliphatic carbocycles. The molecule has 0 aliphatic rings. The molecular weight excluding hydrogens is 284 g/mol. The van der Waals surface area contributed by atoms with Gasteiger partial charge in [-0.1, -0.05) is 13.8 Å². The fraction of sp³-hybridized carbons (Fsp3) is 0.667. The highest BCUT2D eigenvalue weighted by molar-refractivity contribution is 7.15. The van der Waals surface area contributed by atoms with E-state index in [-0.39, 0.29) is 0 Å². The smallest absolute Gasteiger partial charge is 0.195 e. The van der Waals surface area contributed by atoms with Gasteiger partial charge in [0.1, 0.15) is 0 Å². The Labute approximate surface area is 130 Å². The first-order valence-corrected chi connectivity index (χ1v) is 8.24. The highest BCUT2D eigenvalue weighted by Crippen LogP contribution is 2.25. The molecule has 0 atom stereocenters. The van der Waals surface area contributed by atoms with E-state index in [2.05, 4.69) is 29.8 Å². The second-order valence-electron chi connectivity index (χ2n) is 6.63. The minimum absolute atomic E-state index is 0.551. The van der Waals surface area contributed by atoms with Crippen LogP contribution in [0.5, 0.6) is 0 Å². The van der Waals surface area contributed by atoms with Gasteiger partial charge in [-0.2, -0.15) is 0 Å². The molecule has 5 nitrogen and oxygen atoms in total. The molecule has 0 fully saturated rings. The Morgan fingerprint density at radius 2 is 2.19 bits per heavy atom. The number of hydrogen-bond acceptors (Lipinski definition) is 5. The van der Waals surface area contributed by atoms with Crippen LogP contribution >= 0.6 is 11.3 Å². The van der Waals surface area contributed by atoms with Gasteiger partial charge in [0.15, 0.2) is 10.8 Å². The van der Waals surface area contributed by atoms with E-state index in [1.54, 1.807) is 11.3 Å². The summed E-state index contributed by atoms with van der Waals surface area (Å²) in [6, 6.07) is 0. The summed E-state index contributed by atoms with van der Waals surface area (Å²) in [5.41, 5.74) is 0.410. The highest BCUT2D eigenvalue weighted by atomic mass is 32.1. The molecule has 0 saturated carbocycles. The molecule has 0 radical (unpaired) electrons. The Morgan fingerprint density at radius 3 is 2.81 bits per heavy atom. The third-order valence-corrected chi connectivity index (χ3v) is 3.93. The lowest BCUT2D eigenvalue weighted by Gasteiger charge is -2.26. The SMILES string of the molecule is CC(C)CNCc1c(N(C)CC(C)(C)O)nc2sccn12. The Hall–Kier alpha value is -1.11. The van der Waals surface area contributed by atoms with Gasteiger partial charge in [-0.15, -0.1) is 11.3 Å². The molecule has 2 aromatic heterocycles. The van der Waals surface area contributed by atoms with Gasteiger partial charge in [0.2, 0.25) is 0 Å². The average molecular weight is 310 g/mol.